The summed E-state index contributed by atoms with van der Waals surface area (Å²) in [6, 6.07) is 94.6. The van der Waals surface area contributed by atoms with Gasteiger partial charge in [0.05, 0.1) is 5.41 Å². The van der Waals surface area contributed by atoms with Crippen LogP contribution in [0.3, 0.4) is 0 Å². The molecular weight excluding hydrogens is 915 g/mol. The van der Waals surface area contributed by atoms with Crippen LogP contribution < -0.4 is 4.90 Å². The average Bonchev–Trinajstić information content (AvgIpc) is 4.22. The molecule has 0 N–H and O–H groups in total. The van der Waals surface area contributed by atoms with Crippen LogP contribution in [0.1, 0.15) is 72.2 Å². The van der Waals surface area contributed by atoms with Crippen LogP contribution in [0.4, 0.5) is 17.1 Å². The first-order chi connectivity index (χ1) is 37.2. The van der Waals surface area contributed by atoms with E-state index in [1.165, 1.54) is 133 Å². The van der Waals surface area contributed by atoms with Gasteiger partial charge in [-0.1, -0.05) is 228 Å². The van der Waals surface area contributed by atoms with Gasteiger partial charge in [0, 0.05) is 27.9 Å². The highest BCUT2D eigenvalue weighted by Gasteiger charge is 2.52. The molecule has 4 aliphatic rings. The molecule has 1 spiro atoms. The molecular formula is C75H53N. The van der Waals surface area contributed by atoms with Crippen LogP contribution in [0.2, 0.25) is 0 Å². The van der Waals surface area contributed by atoms with Gasteiger partial charge in [-0.3, -0.25) is 0 Å². The highest BCUT2D eigenvalue weighted by molar-refractivity contribution is 6.01. The second kappa shape index (κ2) is 15.5. The van der Waals surface area contributed by atoms with Crippen molar-refractivity contribution in [3.8, 4) is 66.8 Å². The largest absolute Gasteiger partial charge is 0.310 e. The third-order valence-electron chi connectivity index (χ3n) is 18.3. The topological polar surface area (TPSA) is 3.24 Å². The monoisotopic (exact) mass is 967 g/mol. The second-order valence-electron chi connectivity index (χ2n) is 22.7. The first-order valence-corrected chi connectivity index (χ1v) is 27.0. The molecule has 0 saturated heterocycles. The fourth-order valence-electron chi connectivity index (χ4n) is 14.7. The predicted octanol–water partition coefficient (Wildman–Crippen LogP) is 19.8. The van der Waals surface area contributed by atoms with Gasteiger partial charge in [0.1, 0.15) is 0 Å². The summed E-state index contributed by atoms with van der Waals surface area (Å²) in [5.74, 6) is 0. The lowest BCUT2D eigenvalue weighted by molar-refractivity contribution is 0.660. The van der Waals surface area contributed by atoms with Crippen LogP contribution in [-0.2, 0) is 16.2 Å². The Balaban J connectivity index is 0.884. The Labute approximate surface area is 445 Å². The zero-order chi connectivity index (χ0) is 50.7. The van der Waals surface area contributed by atoms with E-state index in [-0.39, 0.29) is 10.8 Å². The van der Waals surface area contributed by atoms with Gasteiger partial charge < -0.3 is 4.90 Å². The molecule has 358 valence electrons. The van der Waals surface area contributed by atoms with E-state index in [0.29, 0.717) is 0 Å². The van der Waals surface area contributed by atoms with E-state index in [1.807, 2.05) is 0 Å². The minimum absolute atomic E-state index is 0.253. The highest BCUT2D eigenvalue weighted by Crippen LogP contribution is 2.64. The Morgan fingerprint density at radius 1 is 0.237 bits per heavy atom. The van der Waals surface area contributed by atoms with Crippen LogP contribution >= 0.6 is 0 Å². The Morgan fingerprint density at radius 2 is 0.539 bits per heavy atom. The van der Waals surface area contributed by atoms with E-state index < -0.39 is 5.41 Å². The van der Waals surface area contributed by atoms with Crippen molar-refractivity contribution in [1.82, 2.24) is 0 Å². The Hall–Kier alpha value is -9.04. The first kappa shape index (κ1) is 43.4. The van der Waals surface area contributed by atoms with Crippen LogP contribution in [0.25, 0.3) is 88.3 Å². The molecule has 0 radical (unpaired) electrons. The molecule has 0 saturated carbocycles. The highest BCUT2D eigenvalue weighted by atomic mass is 15.1. The van der Waals surface area contributed by atoms with Gasteiger partial charge in [0.15, 0.2) is 0 Å². The zero-order valence-corrected chi connectivity index (χ0v) is 43.1. The second-order valence-corrected chi connectivity index (χ2v) is 22.7. The van der Waals surface area contributed by atoms with E-state index in [0.717, 1.165) is 17.1 Å². The molecule has 12 aromatic carbocycles. The minimum Gasteiger partial charge on any atom is -0.310 e. The summed E-state index contributed by atoms with van der Waals surface area (Å²) in [5.41, 5.74) is 28.8. The number of hydrogen-bond acceptors (Lipinski definition) is 1. The fraction of sp³-hybridized carbons (Fsp3) is 0.0933. The maximum absolute atomic E-state index is 2.56. The smallest absolute Gasteiger partial charge is 0.0726 e. The quantitative estimate of drug-likeness (QED) is 0.166. The number of rotatable bonds is 5. The van der Waals surface area contributed by atoms with Crippen LogP contribution in [0.15, 0.2) is 249 Å². The van der Waals surface area contributed by atoms with E-state index in [4.69, 9.17) is 0 Å². The number of benzene rings is 12. The summed E-state index contributed by atoms with van der Waals surface area (Å²) in [6.07, 6.45) is 0. The molecule has 0 aliphatic heterocycles. The van der Waals surface area contributed by atoms with Crippen molar-refractivity contribution in [2.75, 3.05) is 4.90 Å². The molecule has 0 heterocycles. The molecule has 0 aromatic heterocycles. The van der Waals surface area contributed by atoms with Crippen molar-refractivity contribution in [2.24, 2.45) is 0 Å². The normalized spacial score (nSPS) is 14.9. The van der Waals surface area contributed by atoms with E-state index >= 15 is 0 Å². The van der Waals surface area contributed by atoms with Gasteiger partial charge in [-0.05, 0) is 181 Å². The van der Waals surface area contributed by atoms with Gasteiger partial charge in [-0.15, -0.1) is 0 Å². The molecule has 76 heavy (non-hydrogen) atoms. The van der Waals surface area contributed by atoms with Gasteiger partial charge >= 0.3 is 0 Å². The molecule has 16 rings (SSSR count). The lowest BCUT2D eigenvalue weighted by atomic mass is 9.70. The molecule has 4 aliphatic carbocycles. The van der Waals surface area contributed by atoms with E-state index in [1.54, 1.807) is 0 Å². The molecule has 0 unspecified atom stereocenters. The Bertz CT molecular complexity index is 4220. The molecule has 1 heteroatoms. The number of nitrogens with zero attached hydrogens (tertiary/aromatic N) is 1. The summed E-state index contributed by atoms with van der Waals surface area (Å²) in [5, 5.41) is 5.09. The van der Waals surface area contributed by atoms with Crippen molar-refractivity contribution in [1.29, 1.82) is 0 Å². The third-order valence-corrected chi connectivity index (χ3v) is 18.3. The Morgan fingerprint density at radius 3 is 0.974 bits per heavy atom. The SMILES string of the molecule is CC1(C)c2cc(-c3cccc4ccccc34)ccc2-c2ccc(N(c3ccc4c(c3)C(C)(C)c3cc(-c5cccc6ccccc56)ccc3-4)c3ccc4c(c3)C3(c5ccccc5-c5ccccc53)c3ccccc3-4)cc21. The third kappa shape index (κ3) is 5.75. The standard InChI is InChI=1S/C75H53N/c1-73(2)68-41-48(55-26-15-19-46-17-5-7-21-53(46)55)31-36-60(68)62-38-33-50(43-70(62)73)76(51-34-39-63-61-37-32-49(42-69(61)74(3,4)71(63)44-51)56-27-16-20-47-18-6-8-22-54(47)56)52-35-40-64-59-25-11-14-30-67(59)75(72(64)45-52)65-28-12-9-23-57(65)58-24-10-13-29-66(58)75/h5-45H,1-4H3. The predicted molar refractivity (Wildman–Crippen MR) is 318 cm³/mol. The van der Waals surface area contributed by atoms with Gasteiger partial charge in [0.2, 0.25) is 0 Å². The Kier molecular flexibility index (Phi) is 8.85. The maximum Gasteiger partial charge on any atom is 0.0726 e. The van der Waals surface area contributed by atoms with Crippen molar-refractivity contribution < 1.29 is 0 Å². The summed E-state index contributed by atoms with van der Waals surface area (Å²) in [4.78, 5) is 2.56. The number of fused-ring (bicyclic) bond motifs is 18. The van der Waals surface area contributed by atoms with Crippen molar-refractivity contribution in [3.05, 3.63) is 293 Å². The van der Waals surface area contributed by atoms with Gasteiger partial charge in [0.25, 0.3) is 0 Å². The molecule has 12 aromatic rings. The first-order valence-electron chi connectivity index (χ1n) is 27.0. The summed E-state index contributed by atoms with van der Waals surface area (Å²) in [6.45, 7) is 9.69. The fourth-order valence-corrected chi connectivity index (χ4v) is 14.7. The van der Waals surface area contributed by atoms with Crippen molar-refractivity contribution in [2.45, 2.75) is 43.9 Å². The molecule has 0 atom stereocenters. The van der Waals surface area contributed by atoms with Gasteiger partial charge in [-0.2, -0.15) is 0 Å². The molecule has 0 fully saturated rings. The number of anilines is 3. The molecule has 0 amide bonds. The van der Waals surface area contributed by atoms with Crippen molar-refractivity contribution >= 4 is 38.6 Å². The lowest BCUT2D eigenvalue weighted by Gasteiger charge is -2.33. The summed E-state index contributed by atoms with van der Waals surface area (Å²) < 4.78 is 0. The van der Waals surface area contributed by atoms with E-state index in [9.17, 15) is 0 Å². The number of hydrogen-bond donors (Lipinski definition) is 0. The average molecular weight is 968 g/mol. The maximum atomic E-state index is 2.56. The molecule has 1 nitrogen and oxygen atoms in total. The minimum atomic E-state index is -0.465. The van der Waals surface area contributed by atoms with Gasteiger partial charge in [-0.25, -0.2) is 0 Å². The summed E-state index contributed by atoms with van der Waals surface area (Å²) >= 11 is 0. The lowest BCUT2D eigenvalue weighted by Crippen LogP contribution is -2.26. The van der Waals surface area contributed by atoms with Crippen molar-refractivity contribution in [3.63, 3.8) is 0 Å². The van der Waals surface area contributed by atoms with Crippen LogP contribution in [0.5, 0.6) is 0 Å². The van der Waals surface area contributed by atoms with Crippen LogP contribution in [-0.4, -0.2) is 0 Å². The van der Waals surface area contributed by atoms with Crippen LogP contribution in [0, 0.1) is 0 Å². The van der Waals surface area contributed by atoms with E-state index in [2.05, 4.69) is 281 Å². The zero-order valence-electron chi connectivity index (χ0n) is 43.1. The summed E-state index contributed by atoms with van der Waals surface area (Å²) in [7, 11) is 0. The molecule has 0 bridgehead atoms.